The lowest BCUT2D eigenvalue weighted by atomic mass is 9.95. The number of aromatic nitrogens is 1. The van der Waals surface area contributed by atoms with E-state index in [0.29, 0.717) is 17.6 Å². The molecular formula is C11H18N4OS. The number of hydrogen-bond acceptors (Lipinski definition) is 5. The molecule has 1 saturated heterocycles. The molecule has 0 bridgehead atoms. The van der Waals surface area contributed by atoms with Crippen LogP contribution in [0.4, 0.5) is 5.13 Å². The van der Waals surface area contributed by atoms with Crippen molar-refractivity contribution in [3.63, 3.8) is 0 Å². The molecule has 2 atom stereocenters. The Morgan fingerprint density at radius 2 is 2.59 bits per heavy atom. The number of thiazole rings is 1. The number of anilines is 1. The van der Waals surface area contributed by atoms with Crippen LogP contribution in [0.15, 0.2) is 11.6 Å². The van der Waals surface area contributed by atoms with E-state index < -0.39 is 0 Å². The largest absolute Gasteiger partial charge is 0.327 e. The van der Waals surface area contributed by atoms with Crippen LogP contribution in [0.2, 0.25) is 0 Å². The second-order valence-electron chi connectivity index (χ2n) is 4.55. The monoisotopic (exact) mass is 254 g/mol. The molecule has 1 amide bonds. The summed E-state index contributed by atoms with van der Waals surface area (Å²) in [7, 11) is 0. The molecule has 0 spiro atoms. The van der Waals surface area contributed by atoms with Gasteiger partial charge in [-0.3, -0.25) is 9.69 Å². The average Bonchev–Trinajstić information content (AvgIpc) is 2.76. The summed E-state index contributed by atoms with van der Waals surface area (Å²) in [5, 5.41) is 5.30. The van der Waals surface area contributed by atoms with Gasteiger partial charge in [0.15, 0.2) is 5.13 Å². The predicted molar refractivity (Wildman–Crippen MR) is 68.9 cm³/mol. The van der Waals surface area contributed by atoms with Crippen LogP contribution in [-0.2, 0) is 4.79 Å². The molecule has 17 heavy (non-hydrogen) atoms. The summed E-state index contributed by atoms with van der Waals surface area (Å²) in [5.74, 6) is 0.457. The first kappa shape index (κ1) is 12.5. The molecule has 5 nitrogen and oxygen atoms in total. The lowest BCUT2D eigenvalue weighted by Gasteiger charge is -2.34. The summed E-state index contributed by atoms with van der Waals surface area (Å²) in [6, 6.07) is 0.272. The molecule has 1 aromatic heterocycles. The molecule has 1 fully saturated rings. The average molecular weight is 254 g/mol. The summed E-state index contributed by atoms with van der Waals surface area (Å²) >= 11 is 1.43. The molecule has 2 heterocycles. The van der Waals surface area contributed by atoms with Crippen LogP contribution in [-0.4, -0.2) is 41.5 Å². The van der Waals surface area contributed by atoms with E-state index in [4.69, 9.17) is 5.73 Å². The molecule has 0 aliphatic carbocycles. The Morgan fingerprint density at radius 1 is 1.76 bits per heavy atom. The van der Waals surface area contributed by atoms with Gasteiger partial charge in [0, 0.05) is 30.7 Å². The highest BCUT2D eigenvalue weighted by Crippen LogP contribution is 2.15. The highest BCUT2D eigenvalue weighted by atomic mass is 32.1. The Morgan fingerprint density at radius 3 is 3.24 bits per heavy atom. The molecule has 6 heteroatoms. The fourth-order valence-corrected chi connectivity index (χ4v) is 2.59. The number of carbonyl (C=O) groups is 1. The number of nitrogens with two attached hydrogens (primary N) is 1. The van der Waals surface area contributed by atoms with Crippen molar-refractivity contribution in [1.82, 2.24) is 9.88 Å². The Labute approximate surface area is 105 Å². The maximum Gasteiger partial charge on any atom is 0.240 e. The first-order valence-electron chi connectivity index (χ1n) is 5.82. The van der Waals surface area contributed by atoms with Crippen LogP contribution in [0, 0.1) is 5.92 Å². The Kier molecular flexibility index (Phi) is 4.09. The van der Waals surface area contributed by atoms with Crippen molar-refractivity contribution >= 4 is 22.4 Å². The molecule has 1 aliphatic heterocycles. The van der Waals surface area contributed by atoms with Crippen molar-refractivity contribution in [1.29, 1.82) is 0 Å². The summed E-state index contributed by atoms with van der Waals surface area (Å²) in [6.45, 7) is 4.36. The van der Waals surface area contributed by atoms with Gasteiger partial charge in [0.05, 0.1) is 6.54 Å². The van der Waals surface area contributed by atoms with Gasteiger partial charge in [-0.1, -0.05) is 6.92 Å². The first-order chi connectivity index (χ1) is 8.15. The van der Waals surface area contributed by atoms with Crippen LogP contribution in [0.3, 0.4) is 0 Å². The minimum absolute atomic E-state index is 0.00243. The third kappa shape index (κ3) is 3.49. The number of likely N-dealkylation sites (tertiary alicyclic amines) is 1. The van der Waals surface area contributed by atoms with E-state index in [1.54, 1.807) is 6.20 Å². The van der Waals surface area contributed by atoms with Gasteiger partial charge in [0.25, 0.3) is 0 Å². The number of rotatable bonds is 3. The number of hydrogen-bond donors (Lipinski definition) is 2. The lowest BCUT2D eigenvalue weighted by molar-refractivity contribution is -0.117. The van der Waals surface area contributed by atoms with Gasteiger partial charge < -0.3 is 11.1 Å². The fraction of sp³-hybridized carbons (Fsp3) is 0.636. The molecule has 0 radical (unpaired) electrons. The van der Waals surface area contributed by atoms with E-state index in [9.17, 15) is 4.79 Å². The molecule has 2 rings (SSSR count). The zero-order valence-electron chi connectivity index (χ0n) is 9.93. The predicted octanol–water partition coefficient (Wildman–Crippen LogP) is 0.751. The normalized spacial score (nSPS) is 25.8. The smallest absolute Gasteiger partial charge is 0.240 e. The van der Waals surface area contributed by atoms with Crippen LogP contribution >= 0.6 is 11.3 Å². The third-order valence-electron chi connectivity index (χ3n) is 3.10. The van der Waals surface area contributed by atoms with Crippen LogP contribution in [0.25, 0.3) is 0 Å². The van der Waals surface area contributed by atoms with Crippen molar-refractivity contribution in [2.75, 3.05) is 25.0 Å². The van der Waals surface area contributed by atoms with Crippen LogP contribution < -0.4 is 11.1 Å². The summed E-state index contributed by atoms with van der Waals surface area (Å²) in [5.41, 5.74) is 5.95. The Hall–Kier alpha value is -0.980. The van der Waals surface area contributed by atoms with E-state index in [2.05, 4.69) is 22.1 Å². The zero-order chi connectivity index (χ0) is 12.3. The second kappa shape index (κ2) is 5.57. The minimum Gasteiger partial charge on any atom is -0.327 e. The van der Waals surface area contributed by atoms with E-state index >= 15 is 0 Å². The molecule has 2 unspecified atom stereocenters. The standard InChI is InChI=1S/C11H18N4OS/c1-8-6-15(4-2-9(8)12)7-10(16)14-11-13-3-5-17-11/h3,5,8-9H,2,4,6-7,12H2,1H3,(H,13,14,16). The number of nitrogens with zero attached hydrogens (tertiary/aromatic N) is 2. The van der Waals surface area contributed by atoms with E-state index in [0.717, 1.165) is 19.5 Å². The highest BCUT2D eigenvalue weighted by molar-refractivity contribution is 7.13. The van der Waals surface area contributed by atoms with E-state index in [-0.39, 0.29) is 11.9 Å². The van der Waals surface area contributed by atoms with Gasteiger partial charge in [-0.15, -0.1) is 11.3 Å². The molecular weight excluding hydrogens is 236 g/mol. The van der Waals surface area contributed by atoms with Crippen molar-refractivity contribution in [3.05, 3.63) is 11.6 Å². The van der Waals surface area contributed by atoms with Gasteiger partial charge in [-0.05, 0) is 12.3 Å². The third-order valence-corrected chi connectivity index (χ3v) is 3.79. The van der Waals surface area contributed by atoms with Crippen molar-refractivity contribution in [2.24, 2.45) is 11.7 Å². The quantitative estimate of drug-likeness (QED) is 0.835. The summed E-state index contributed by atoms with van der Waals surface area (Å²) < 4.78 is 0. The zero-order valence-corrected chi connectivity index (χ0v) is 10.7. The SMILES string of the molecule is CC1CN(CC(=O)Nc2nccs2)CCC1N. The Bertz CT molecular complexity index is 368. The van der Waals surface area contributed by atoms with Gasteiger partial charge in [0.2, 0.25) is 5.91 Å². The first-order valence-corrected chi connectivity index (χ1v) is 6.70. The number of nitrogens with one attached hydrogen (secondary N) is 1. The van der Waals surface area contributed by atoms with E-state index in [1.165, 1.54) is 11.3 Å². The van der Waals surface area contributed by atoms with Gasteiger partial charge in [-0.25, -0.2) is 4.98 Å². The lowest BCUT2D eigenvalue weighted by Crippen LogP contribution is -2.48. The highest BCUT2D eigenvalue weighted by Gasteiger charge is 2.24. The van der Waals surface area contributed by atoms with Crippen molar-refractivity contribution in [2.45, 2.75) is 19.4 Å². The van der Waals surface area contributed by atoms with Crippen LogP contribution in [0.5, 0.6) is 0 Å². The topological polar surface area (TPSA) is 71.2 Å². The number of amides is 1. The molecule has 0 aromatic carbocycles. The molecule has 1 aliphatic rings. The molecule has 0 saturated carbocycles. The summed E-state index contributed by atoms with van der Waals surface area (Å²) in [4.78, 5) is 17.9. The van der Waals surface area contributed by atoms with Gasteiger partial charge in [0.1, 0.15) is 0 Å². The molecule has 94 valence electrons. The van der Waals surface area contributed by atoms with Crippen molar-refractivity contribution < 1.29 is 4.79 Å². The second-order valence-corrected chi connectivity index (χ2v) is 5.44. The maximum atomic E-state index is 11.7. The maximum absolute atomic E-state index is 11.7. The van der Waals surface area contributed by atoms with Crippen LogP contribution in [0.1, 0.15) is 13.3 Å². The van der Waals surface area contributed by atoms with Gasteiger partial charge in [-0.2, -0.15) is 0 Å². The minimum atomic E-state index is 0.00243. The number of piperidine rings is 1. The number of carbonyl (C=O) groups excluding carboxylic acids is 1. The summed E-state index contributed by atoms with van der Waals surface area (Å²) in [6.07, 6.45) is 2.65. The fourth-order valence-electron chi connectivity index (χ4n) is 2.04. The van der Waals surface area contributed by atoms with E-state index in [1.807, 2.05) is 5.38 Å². The molecule has 1 aromatic rings. The Balaban J connectivity index is 1.79. The van der Waals surface area contributed by atoms with Gasteiger partial charge >= 0.3 is 0 Å². The van der Waals surface area contributed by atoms with Crippen molar-refractivity contribution in [3.8, 4) is 0 Å². The molecule has 3 N–H and O–H groups in total.